The van der Waals surface area contributed by atoms with Gasteiger partial charge in [-0.2, -0.15) is 0 Å². The van der Waals surface area contributed by atoms with Gasteiger partial charge in [-0.15, -0.1) is 0 Å². The maximum Gasteiger partial charge on any atom is 0.337 e. The van der Waals surface area contributed by atoms with Gasteiger partial charge in [-0.1, -0.05) is 0 Å². The van der Waals surface area contributed by atoms with E-state index in [4.69, 9.17) is 9.84 Å². The maximum absolute atomic E-state index is 11.6. The summed E-state index contributed by atoms with van der Waals surface area (Å²) in [6.07, 6.45) is 2.92. The van der Waals surface area contributed by atoms with Crippen molar-refractivity contribution in [3.63, 3.8) is 0 Å². The molecule has 2 rings (SSSR count). The van der Waals surface area contributed by atoms with Gasteiger partial charge in [-0.05, 0) is 18.9 Å². The van der Waals surface area contributed by atoms with Gasteiger partial charge in [0.25, 0.3) is 5.56 Å². The summed E-state index contributed by atoms with van der Waals surface area (Å²) in [6, 6.07) is 2.69. The summed E-state index contributed by atoms with van der Waals surface area (Å²) >= 11 is 0. The van der Waals surface area contributed by atoms with Gasteiger partial charge in [0, 0.05) is 31.5 Å². The molecule has 0 unspecified atom stereocenters. The average Bonchev–Trinajstić information content (AvgIpc) is 2.30. The number of hydrogen-bond acceptors (Lipinski definition) is 3. The van der Waals surface area contributed by atoms with E-state index in [1.165, 1.54) is 22.9 Å². The summed E-state index contributed by atoms with van der Waals surface area (Å²) in [5.41, 5.74) is -0.0111. The van der Waals surface area contributed by atoms with Crippen molar-refractivity contribution >= 4 is 5.97 Å². The number of aromatic nitrogens is 1. The number of pyridine rings is 1. The van der Waals surface area contributed by atoms with Crippen molar-refractivity contribution in [2.75, 3.05) is 13.2 Å². The van der Waals surface area contributed by atoms with Gasteiger partial charge in [-0.3, -0.25) is 4.79 Å². The topological polar surface area (TPSA) is 68.5 Å². The van der Waals surface area contributed by atoms with Crippen LogP contribution in [0.2, 0.25) is 0 Å². The molecule has 0 aromatic carbocycles. The predicted octanol–water partition coefficient (Wildman–Crippen LogP) is 0.898. The molecule has 1 fully saturated rings. The lowest BCUT2D eigenvalue weighted by Crippen LogP contribution is -2.29. The Bertz CT molecular complexity index is 446. The van der Waals surface area contributed by atoms with Gasteiger partial charge in [0.15, 0.2) is 0 Å². The molecule has 1 aliphatic heterocycles. The molecule has 86 valence electrons. The maximum atomic E-state index is 11.6. The second kappa shape index (κ2) is 4.49. The molecule has 1 aliphatic rings. The molecule has 5 nitrogen and oxygen atoms in total. The van der Waals surface area contributed by atoms with E-state index in [2.05, 4.69) is 0 Å². The Hall–Kier alpha value is -1.62. The van der Waals surface area contributed by atoms with E-state index < -0.39 is 5.97 Å². The molecule has 0 bridgehead atoms. The van der Waals surface area contributed by atoms with Crippen LogP contribution in [0, 0.1) is 0 Å². The molecule has 1 N–H and O–H groups in total. The molecule has 0 amide bonds. The van der Waals surface area contributed by atoms with E-state index in [1.54, 1.807) is 0 Å². The van der Waals surface area contributed by atoms with Crippen LogP contribution in [0.4, 0.5) is 0 Å². The highest BCUT2D eigenvalue weighted by atomic mass is 16.5. The number of carboxylic acids is 1. The van der Waals surface area contributed by atoms with Gasteiger partial charge in [-0.25, -0.2) is 4.79 Å². The third-order valence-electron chi connectivity index (χ3n) is 2.77. The number of carbonyl (C=O) groups is 1. The molecule has 5 heteroatoms. The lowest BCUT2D eigenvalue weighted by atomic mass is 10.1. The fraction of sp³-hybridized carbons (Fsp3) is 0.455. The summed E-state index contributed by atoms with van der Waals surface area (Å²) in [4.78, 5) is 22.4. The van der Waals surface area contributed by atoms with Gasteiger partial charge in [0.05, 0.1) is 5.56 Å². The Morgan fingerprint density at radius 1 is 1.38 bits per heavy atom. The molecular weight excluding hydrogens is 210 g/mol. The van der Waals surface area contributed by atoms with Crippen LogP contribution in [0.15, 0.2) is 23.1 Å². The molecule has 0 atom stereocenters. The minimum Gasteiger partial charge on any atom is -0.478 e. The van der Waals surface area contributed by atoms with E-state index in [1.807, 2.05) is 0 Å². The van der Waals surface area contributed by atoms with Crippen LogP contribution in [-0.4, -0.2) is 28.9 Å². The first-order valence-electron chi connectivity index (χ1n) is 5.22. The molecule has 0 spiro atoms. The molecule has 16 heavy (non-hydrogen) atoms. The van der Waals surface area contributed by atoms with E-state index in [0.717, 1.165) is 12.8 Å². The van der Waals surface area contributed by atoms with Gasteiger partial charge < -0.3 is 14.4 Å². The van der Waals surface area contributed by atoms with Crippen molar-refractivity contribution in [2.24, 2.45) is 0 Å². The van der Waals surface area contributed by atoms with Crippen molar-refractivity contribution in [3.8, 4) is 0 Å². The number of aromatic carboxylic acids is 1. The van der Waals surface area contributed by atoms with Crippen molar-refractivity contribution in [1.29, 1.82) is 0 Å². The fourth-order valence-electron chi connectivity index (χ4n) is 1.88. The van der Waals surface area contributed by atoms with E-state index in [0.29, 0.717) is 13.2 Å². The number of carboxylic acid groups (broad SMARTS) is 1. The van der Waals surface area contributed by atoms with Crippen molar-refractivity contribution in [1.82, 2.24) is 4.57 Å². The van der Waals surface area contributed by atoms with Crippen LogP contribution < -0.4 is 5.56 Å². The Labute approximate surface area is 92.3 Å². The number of hydrogen-bond donors (Lipinski definition) is 1. The molecule has 2 heterocycles. The van der Waals surface area contributed by atoms with Gasteiger partial charge >= 0.3 is 5.97 Å². The largest absolute Gasteiger partial charge is 0.478 e. The minimum atomic E-state index is -1.01. The lowest BCUT2D eigenvalue weighted by Gasteiger charge is -2.24. The molecule has 1 saturated heterocycles. The smallest absolute Gasteiger partial charge is 0.337 e. The summed E-state index contributed by atoms with van der Waals surface area (Å²) in [5.74, 6) is -1.01. The van der Waals surface area contributed by atoms with E-state index in [-0.39, 0.29) is 17.2 Å². The third-order valence-corrected chi connectivity index (χ3v) is 2.77. The lowest BCUT2D eigenvalue weighted by molar-refractivity contribution is 0.0670. The van der Waals surface area contributed by atoms with Crippen LogP contribution >= 0.6 is 0 Å². The molecule has 1 aromatic rings. The highest BCUT2D eigenvalue weighted by molar-refractivity contribution is 5.87. The zero-order chi connectivity index (χ0) is 11.5. The SMILES string of the molecule is O=C(O)c1ccc(=O)n(C2CCOCC2)c1. The first kappa shape index (κ1) is 10.9. The Morgan fingerprint density at radius 3 is 2.69 bits per heavy atom. The molecule has 0 saturated carbocycles. The van der Waals surface area contributed by atoms with Crippen LogP contribution in [0.25, 0.3) is 0 Å². The molecule has 1 aromatic heterocycles. The first-order chi connectivity index (χ1) is 7.68. The van der Waals surface area contributed by atoms with E-state index >= 15 is 0 Å². The van der Waals surface area contributed by atoms with Crippen molar-refractivity contribution in [2.45, 2.75) is 18.9 Å². The highest BCUT2D eigenvalue weighted by Gasteiger charge is 2.17. The summed E-state index contributed by atoms with van der Waals surface area (Å²) in [6.45, 7) is 1.24. The predicted molar refractivity (Wildman–Crippen MR) is 56.8 cm³/mol. The monoisotopic (exact) mass is 223 g/mol. The number of nitrogens with zero attached hydrogens (tertiary/aromatic N) is 1. The summed E-state index contributed by atoms with van der Waals surface area (Å²) < 4.78 is 6.71. The third kappa shape index (κ3) is 2.14. The van der Waals surface area contributed by atoms with Crippen LogP contribution in [0.5, 0.6) is 0 Å². The molecule has 0 aliphatic carbocycles. The fourth-order valence-corrected chi connectivity index (χ4v) is 1.88. The van der Waals surface area contributed by atoms with Gasteiger partial charge in [0.2, 0.25) is 0 Å². The minimum absolute atomic E-state index is 0.0561. The zero-order valence-corrected chi connectivity index (χ0v) is 8.76. The molecule has 0 radical (unpaired) electrons. The van der Waals surface area contributed by atoms with Crippen LogP contribution in [0.1, 0.15) is 29.2 Å². The Balaban J connectivity index is 2.34. The van der Waals surface area contributed by atoms with Crippen molar-refractivity contribution < 1.29 is 14.6 Å². The van der Waals surface area contributed by atoms with E-state index in [9.17, 15) is 9.59 Å². The highest BCUT2D eigenvalue weighted by Crippen LogP contribution is 2.19. The average molecular weight is 223 g/mol. The van der Waals surface area contributed by atoms with Crippen molar-refractivity contribution in [3.05, 3.63) is 34.2 Å². The summed E-state index contributed by atoms with van der Waals surface area (Å²) in [5, 5.41) is 8.86. The van der Waals surface area contributed by atoms with Gasteiger partial charge in [0.1, 0.15) is 0 Å². The Morgan fingerprint density at radius 2 is 2.06 bits per heavy atom. The number of ether oxygens (including phenoxy) is 1. The summed E-state index contributed by atoms with van der Waals surface area (Å²) in [7, 11) is 0. The Kier molecular flexibility index (Phi) is 3.05. The normalized spacial score (nSPS) is 17.2. The first-order valence-corrected chi connectivity index (χ1v) is 5.22. The zero-order valence-electron chi connectivity index (χ0n) is 8.76. The van der Waals surface area contributed by atoms with Crippen LogP contribution in [-0.2, 0) is 4.74 Å². The standard InChI is InChI=1S/C11H13NO4/c13-10-2-1-8(11(14)15)7-12(10)9-3-5-16-6-4-9/h1-2,7,9H,3-6H2,(H,14,15). The van der Waals surface area contributed by atoms with Crippen LogP contribution in [0.3, 0.4) is 0 Å². The quantitative estimate of drug-likeness (QED) is 0.808. The second-order valence-corrected chi connectivity index (χ2v) is 3.81. The number of rotatable bonds is 2. The second-order valence-electron chi connectivity index (χ2n) is 3.81. The molecular formula is C11H13NO4.